The third kappa shape index (κ3) is 2.81. The summed E-state index contributed by atoms with van der Waals surface area (Å²) in [5, 5.41) is 12.4. The quantitative estimate of drug-likeness (QED) is 0.801. The Hall–Kier alpha value is -2.94. The SMILES string of the molecule is N#CC1CCC(Nc2nccc(-n3cnc4ccccc43)n2)CC1. The fraction of sp³-hybridized carbons (Fsp3) is 0.333. The van der Waals surface area contributed by atoms with Gasteiger partial charge in [0.25, 0.3) is 0 Å². The van der Waals surface area contributed by atoms with Gasteiger partial charge in [-0.3, -0.25) is 4.57 Å². The number of hydrogen-bond donors (Lipinski definition) is 1. The number of para-hydroxylation sites is 2. The summed E-state index contributed by atoms with van der Waals surface area (Å²) in [6.07, 6.45) is 7.41. The van der Waals surface area contributed by atoms with Crippen molar-refractivity contribution < 1.29 is 0 Å². The number of rotatable bonds is 3. The van der Waals surface area contributed by atoms with Crippen molar-refractivity contribution in [3.05, 3.63) is 42.9 Å². The molecule has 120 valence electrons. The summed E-state index contributed by atoms with van der Waals surface area (Å²) in [5.41, 5.74) is 1.97. The maximum Gasteiger partial charge on any atom is 0.224 e. The van der Waals surface area contributed by atoms with Crippen LogP contribution in [0.3, 0.4) is 0 Å². The Balaban J connectivity index is 1.55. The fourth-order valence-electron chi connectivity index (χ4n) is 3.24. The molecule has 24 heavy (non-hydrogen) atoms. The molecule has 2 aromatic heterocycles. The third-order valence-electron chi connectivity index (χ3n) is 4.58. The zero-order valence-electron chi connectivity index (χ0n) is 13.3. The van der Waals surface area contributed by atoms with Crippen LogP contribution in [0.2, 0.25) is 0 Å². The Bertz CT molecular complexity index is 886. The number of nitriles is 1. The monoisotopic (exact) mass is 318 g/mol. The lowest BCUT2D eigenvalue weighted by Crippen LogP contribution is -2.26. The molecule has 1 aliphatic carbocycles. The Kier molecular flexibility index (Phi) is 3.83. The minimum atomic E-state index is 0.201. The van der Waals surface area contributed by atoms with Gasteiger partial charge in [-0.15, -0.1) is 0 Å². The highest BCUT2D eigenvalue weighted by Crippen LogP contribution is 2.25. The molecule has 0 radical (unpaired) electrons. The van der Waals surface area contributed by atoms with Crippen LogP contribution >= 0.6 is 0 Å². The predicted octanol–water partition coefficient (Wildman–Crippen LogP) is 3.31. The average molecular weight is 318 g/mol. The van der Waals surface area contributed by atoms with Crippen molar-refractivity contribution in [1.29, 1.82) is 5.26 Å². The molecule has 3 aromatic rings. The largest absolute Gasteiger partial charge is 0.351 e. The molecular formula is C18H18N6. The van der Waals surface area contributed by atoms with Crippen LogP contribution in [0.1, 0.15) is 25.7 Å². The van der Waals surface area contributed by atoms with E-state index in [0.29, 0.717) is 12.0 Å². The highest BCUT2D eigenvalue weighted by atomic mass is 15.2. The van der Waals surface area contributed by atoms with Crippen molar-refractivity contribution >= 4 is 17.0 Å². The van der Waals surface area contributed by atoms with Crippen LogP contribution in [0, 0.1) is 17.2 Å². The molecule has 0 aliphatic heterocycles. The molecule has 1 saturated carbocycles. The van der Waals surface area contributed by atoms with Gasteiger partial charge in [-0.1, -0.05) is 12.1 Å². The van der Waals surface area contributed by atoms with Gasteiger partial charge in [0.2, 0.25) is 5.95 Å². The van der Waals surface area contributed by atoms with Crippen LogP contribution in [-0.4, -0.2) is 25.6 Å². The normalized spacial score (nSPS) is 20.6. The Labute approximate surface area is 140 Å². The van der Waals surface area contributed by atoms with Crippen molar-refractivity contribution in [2.24, 2.45) is 5.92 Å². The number of aromatic nitrogens is 4. The number of hydrogen-bond acceptors (Lipinski definition) is 5. The number of nitrogens with one attached hydrogen (secondary N) is 1. The summed E-state index contributed by atoms with van der Waals surface area (Å²) < 4.78 is 1.97. The van der Waals surface area contributed by atoms with Gasteiger partial charge >= 0.3 is 0 Å². The molecule has 6 nitrogen and oxygen atoms in total. The topological polar surface area (TPSA) is 79.4 Å². The third-order valence-corrected chi connectivity index (χ3v) is 4.58. The number of imidazole rings is 1. The van der Waals surface area contributed by atoms with Gasteiger partial charge in [-0.2, -0.15) is 10.2 Å². The second kappa shape index (κ2) is 6.28. The van der Waals surface area contributed by atoms with E-state index in [1.54, 1.807) is 12.5 Å². The zero-order valence-corrected chi connectivity index (χ0v) is 13.3. The number of nitrogens with zero attached hydrogens (tertiary/aromatic N) is 5. The van der Waals surface area contributed by atoms with Gasteiger partial charge in [0, 0.05) is 18.2 Å². The first-order valence-corrected chi connectivity index (χ1v) is 8.25. The highest BCUT2D eigenvalue weighted by molar-refractivity contribution is 5.76. The van der Waals surface area contributed by atoms with Crippen LogP contribution in [0.25, 0.3) is 16.9 Å². The van der Waals surface area contributed by atoms with Gasteiger partial charge in [0.05, 0.1) is 17.1 Å². The van der Waals surface area contributed by atoms with Crippen LogP contribution in [0.15, 0.2) is 42.9 Å². The maximum absolute atomic E-state index is 8.99. The minimum absolute atomic E-state index is 0.201. The van der Waals surface area contributed by atoms with Crippen LogP contribution in [0.5, 0.6) is 0 Å². The van der Waals surface area contributed by atoms with Crippen molar-refractivity contribution in [3.8, 4) is 11.9 Å². The molecule has 0 spiro atoms. The van der Waals surface area contributed by atoms with E-state index in [0.717, 1.165) is 42.5 Å². The molecular weight excluding hydrogens is 300 g/mol. The zero-order chi connectivity index (χ0) is 16.4. The van der Waals surface area contributed by atoms with E-state index < -0.39 is 0 Å². The van der Waals surface area contributed by atoms with E-state index in [1.165, 1.54) is 0 Å². The van der Waals surface area contributed by atoms with Crippen molar-refractivity contribution in [3.63, 3.8) is 0 Å². The molecule has 0 saturated heterocycles. The van der Waals surface area contributed by atoms with Crippen molar-refractivity contribution in [2.75, 3.05) is 5.32 Å². The first kappa shape index (κ1) is 14.6. The molecule has 0 unspecified atom stereocenters. The van der Waals surface area contributed by atoms with E-state index in [4.69, 9.17) is 5.26 Å². The van der Waals surface area contributed by atoms with Crippen molar-refractivity contribution in [1.82, 2.24) is 19.5 Å². The molecule has 0 atom stereocenters. The van der Waals surface area contributed by atoms with Crippen LogP contribution < -0.4 is 5.32 Å². The highest BCUT2D eigenvalue weighted by Gasteiger charge is 2.21. The molecule has 0 amide bonds. The Morgan fingerprint density at radius 3 is 2.75 bits per heavy atom. The van der Waals surface area contributed by atoms with E-state index in [-0.39, 0.29) is 5.92 Å². The van der Waals surface area contributed by atoms with E-state index in [9.17, 15) is 0 Å². The predicted molar refractivity (Wildman–Crippen MR) is 91.6 cm³/mol. The second-order valence-corrected chi connectivity index (χ2v) is 6.16. The standard InChI is InChI=1S/C18H18N6/c19-11-13-5-7-14(8-6-13)22-18-20-10-9-17(23-18)24-12-21-15-3-1-2-4-16(15)24/h1-4,9-10,12-14H,5-8H2,(H,20,22,23). The molecule has 4 rings (SSSR count). The molecule has 1 aliphatic rings. The summed E-state index contributed by atoms with van der Waals surface area (Å²) in [4.78, 5) is 13.4. The smallest absolute Gasteiger partial charge is 0.224 e. The summed E-state index contributed by atoms with van der Waals surface area (Å²) in [6, 6.07) is 12.6. The Morgan fingerprint density at radius 1 is 1.08 bits per heavy atom. The second-order valence-electron chi connectivity index (χ2n) is 6.16. The van der Waals surface area contributed by atoms with Gasteiger partial charge in [0.1, 0.15) is 12.1 Å². The molecule has 1 N–H and O–H groups in total. The van der Waals surface area contributed by atoms with Crippen molar-refractivity contribution in [2.45, 2.75) is 31.7 Å². The van der Waals surface area contributed by atoms with Crippen LogP contribution in [0.4, 0.5) is 5.95 Å². The van der Waals surface area contributed by atoms with Gasteiger partial charge < -0.3 is 5.32 Å². The lowest BCUT2D eigenvalue weighted by Gasteiger charge is -2.25. The van der Waals surface area contributed by atoms with Gasteiger partial charge in [0.15, 0.2) is 0 Å². The lowest BCUT2D eigenvalue weighted by molar-refractivity contribution is 0.396. The van der Waals surface area contributed by atoms with Gasteiger partial charge in [-0.25, -0.2) is 9.97 Å². The van der Waals surface area contributed by atoms with Gasteiger partial charge in [-0.05, 0) is 43.9 Å². The average Bonchev–Trinajstić information content (AvgIpc) is 3.07. The van der Waals surface area contributed by atoms with E-state index in [1.807, 2.05) is 34.9 Å². The minimum Gasteiger partial charge on any atom is -0.351 e. The summed E-state index contributed by atoms with van der Waals surface area (Å²) in [7, 11) is 0. The van der Waals surface area contributed by atoms with E-state index >= 15 is 0 Å². The number of anilines is 1. The first-order valence-electron chi connectivity index (χ1n) is 8.25. The molecule has 6 heteroatoms. The van der Waals surface area contributed by atoms with Crippen LogP contribution in [-0.2, 0) is 0 Å². The lowest BCUT2D eigenvalue weighted by atomic mass is 9.87. The summed E-state index contributed by atoms with van der Waals surface area (Å²) in [6.45, 7) is 0. The summed E-state index contributed by atoms with van der Waals surface area (Å²) in [5.74, 6) is 1.63. The maximum atomic E-state index is 8.99. The molecule has 1 aromatic carbocycles. The van der Waals surface area contributed by atoms with E-state index in [2.05, 4.69) is 26.3 Å². The number of benzene rings is 1. The Morgan fingerprint density at radius 2 is 1.92 bits per heavy atom. The molecule has 2 heterocycles. The molecule has 0 bridgehead atoms. The fourth-order valence-corrected chi connectivity index (χ4v) is 3.24. The molecule has 1 fully saturated rings. The number of fused-ring (bicyclic) bond motifs is 1. The first-order chi connectivity index (χ1) is 11.8. The summed E-state index contributed by atoms with van der Waals surface area (Å²) >= 11 is 0.